The highest BCUT2D eigenvalue weighted by Crippen LogP contribution is 2.26. The first-order chi connectivity index (χ1) is 10.2. The lowest BCUT2D eigenvalue weighted by atomic mass is 9.86. The highest BCUT2D eigenvalue weighted by Gasteiger charge is 2.23. The normalized spacial score (nSPS) is 12.0. The second-order valence-corrected chi connectivity index (χ2v) is 6.92. The number of tetrazole rings is 1. The summed E-state index contributed by atoms with van der Waals surface area (Å²) in [6, 6.07) is 0. The van der Waals surface area contributed by atoms with Gasteiger partial charge in [-0.3, -0.25) is 0 Å². The molecule has 4 heteroatoms. The van der Waals surface area contributed by atoms with Gasteiger partial charge >= 0.3 is 0 Å². The minimum absolute atomic E-state index is 0.0722. The van der Waals surface area contributed by atoms with Gasteiger partial charge in [0.1, 0.15) is 0 Å². The molecule has 0 radical (unpaired) electrons. The number of aromatic amines is 1. The van der Waals surface area contributed by atoms with Gasteiger partial charge in [-0.1, -0.05) is 91.4 Å². The van der Waals surface area contributed by atoms with E-state index in [0.29, 0.717) is 0 Å². The topological polar surface area (TPSA) is 54.5 Å². The third-order valence-corrected chi connectivity index (χ3v) is 4.39. The average molecular weight is 294 g/mol. The summed E-state index contributed by atoms with van der Waals surface area (Å²) in [6.45, 7) is 6.71. The number of aromatic nitrogens is 4. The molecule has 0 saturated heterocycles. The van der Waals surface area contributed by atoms with Crippen LogP contribution >= 0.6 is 0 Å². The Morgan fingerprint density at radius 1 is 0.810 bits per heavy atom. The van der Waals surface area contributed by atoms with E-state index >= 15 is 0 Å². The lowest BCUT2D eigenvalue weighted by molar-refractivity contribution is 0.419. The van der Waals surface area contributed by atoms with Crippen molar-refractivity contribution < 1.29 is 0 Å². The predicted octanol–water partition coefficient (Wildman–Crippen LogP) is 5.18. The molecule has 1 rings (SSSR count). The van der Waals surface area contributed by atoms with Crippen LogP contribution in [0.25, 0.3) is 0 Å². The number of rotatable bonds is 13. The maximum Gasteiger partial charge on any atom is 0.154 e. The third kappa shape index (κ3) is 8.18. The molecule has 0 saturated carbocycles. The van der Waals surface area contributed by atoms with Gasteiger partial charge in [-0.2, -0.15) is 0 Å². The van der Waals surface area contributed by atoms with Gasteiger partial charge in [-0.25, -0.2) is 5.10 Å². The molecule has 0 bridgehead atoms. The zero-order valence-electron chi connectivity index (χ0n) is 14.3. The predicted molar refractivity (Wildman–Crippen MR) is 88.3 cm³/mol. The SMILES string of the molecule is CCCCCCCCCCCCCC(C)(C)c1nnn[nH]1. The largest absolute Gasteiger partial charge is 0.242 e. The first kappa shape index (κ1) is 18.1. The van der Waals surface area contributed by atoms with Crippen molar-refractivity contribution in [3.05, 3.63) is 5.82 Å². The fraction of sp³-hybridized carbons (Fsp3) is 0.941. The molecule has 21 heavy (non-hydrogen) atoms. The number of hydrogen-bond acceptors (Lipinski definition) is 3. The standard InChI is InChI=1S/C17H34N4/c1-4-5-6-7-8-9-10-11-12-13-14-15-17(2,3)16-18-20-21-19-16/h4-15H2,1-3H3,(H,18,19,20,21). The molecule has 1 N–H and O–H groups in total. The molecule has 0 aromatic carbocycles. The molecule has 4 nitrogen and oxygen atoms in total. The van der Waals surface area contributed by atoms with Crippen LogP contribution in [0.2, 0.25) is 0 Å². The Balaban J connectivity index is 1.91. The summed E-state index contributed by atoms with van der Waals surface area (Å²) in [6.07, 6.45) is 16.4. The summed E-state index contributed by atoms with van der Waals surface area (Å²) in [5.74, 6) is 0.912. The molecular formula is C17H34N4. The summed E-state index contributed by atoms with van der Waals surface area (Å²) < 4.78 is 0. The van der Waals surface area contributed by atoms with Crippen molar-refractivity contribution in [2.24, 2.45) is 0 Å². The number of nitrogens with one attached hydrogen (secondary N) is 1. The molecule has 0 aliphatic rings. The highest BCUT2D eigenvalue weighted by atomic mass is 15.5. The van der Waals surface area contributed by atoms with Crippen molar-refractivity contribution in [3.8, 4) is 0 Å². The smallest absolute Gasteiger partial charge is 0.154 e. The number of nitrogens with zero attached hydrogens (tertiary/aromatic N) is 3. The summed E-state index contributed by atoms with van der Waals surface area (Å²) in [7, 11) is 0. The van der Waals surface area contributed by atoms with Crippen LogP contribution in [-0.4, -0.2) is 20.6 Å². The second-order valence-electron chi connectivity index (χ2n) is 6.92. The van der Waals surface area contributed by atoms with Crippen LogP contribution < -0.4 is 0 Å². The number of H-pyrrole nitrogens is 1. The fourth-order valence-corrected chi connectivity index (χ4v) is 2.80. The third-order valence-electron chi connectivity index (χ3n) is 4.39. The van der Waals surface area contributed by atoms with E-state index in [1.54, 1.807) is 0 Å². The van der Waals surface area contributed by atoms with Gasteiger partial charge in [0.2, 0.25) is 0 Å². The van der Waals surface area contributed by atoms with Crippen LogP contribution in [0.5, 0.6) is 0 Å². The van der Waals surface area contributed by atoms with Gasteiger partial charge in [0.05, 0.1) is 0 Å². The molecular weight excluding hydrogens is 260 g/mol. The molecule has 0 amide bonds. The Labute approximate surface area is 130 Å². The van der Waals surface area contributed by atoms with Crippen LogP contribution in [0.15, 0.2) is 0 Å². The second kappa shape index (κ2) is 10.7. The van der Waals surface area contributed by atoms with E-state index in [1.165, 1.54) is 70.6 Å². The molecule has 122 valence electrons. The maximum atomic E-state index is 4.04. The molecule has 1 aromatic rings. The molecule has 1 aromatic heterocycles. The van der Waals surface area contributed by atoms with Crippen molar-refractivity contribution in [1.82, 2.24) is 20.6 Å². The summed E-state index contributed by atoms with van der Waals surface area (Å²) in [5.41, 5.74) is 0.0722. The van der Waals surface area contributed by atoms with Gasteiger partial charge in [-0.15, -0.1) is 5.10 Å². The van der Waals surface area contributed by atoms with Gasteiger partial charge in [0.15, 0.2) is 5.82 Å². The van der Waals surface area contributed by atoms with Gasteiger partial charge in [0.25, 0.3) is 0 Å². The average Bonchev–Trinajstić information content (AvgIpc) is 3.00. The number of hydrogen-bond donors (Lipinski definition) is 1. The van der Waals surface area contributed by atoms with E-state index in [4.69, 9.17) is 0 Å². The molecule has 0 aliphatic carbocycles. The Morgan fingerprint density at radius 3 is 1.81 bits per heavy atom. The Bertz CT molecular complexity index is 333. The Morgan fingerprint density at radius 2 is 1.33 bits per heavy atom. The summed E-state index contributed by atoms with van der Waals surface area (Å²) >= 11 is 0. The Hall–Kier alpha value is -0.930. The highest BCUT2D eigenvalue weighted by molar-refractivity contribution is 4.98. The van der Waals surface area contributed by atoms with E-state index < -0.39 is 0 Å². The fourth-order valence-electron chi connectivity index (χ4n) is 2.80. The first-order valence-corrected chi connectivity index (χ1v) is 8.91. The molecule has 0 fully saturated rings. The van der Waals surface area contributed by atoms with Gasteiger partial charge < -0.3 is 0 Å². The van der Waals surface area contributed by atoms with Crippen LogP contribution in [0.3, 0.4) is 0 Å². The minimum Gasteiger partial charge on any atom is -0.242 e. The molecule has 0 aliphatic heterocycles. The van der Waals surface area contributed by atoms with Crippen molar-refractivity contribution in [2.75, 3.05) is 0 Å². The minimum atomic E-state index is 0.0722. The van der Waals surface area contributed by atoms with Crippen molar-refractivity contribution in [2.45, 2.75) is 103 Å². The first-order valence-electron chi connectivity index (χ1n) is 8.91. The maximum absolute atomic E-state index is 4.04. The van der Waals surface area contributed by atoms with E-state index in [-0.39, 0.29) is 5.41 Å². The molecule has 0 unspecified atom stereocenters. The van der Waals surface area contributed by atoms with E-state index in [9.17, 15) is 0 Å². The monoisotopic (exact) mass is 294 g/mol. The van der Waals surface area contributed by atoms with Crippen LogP contribution in [0, 0.1) is 0 Å². The van der Waals surface area contributed by atoms with Crippen LogP contribution in [-0.2, 0) is 5.41 Å². The van der Waals surface area contributed by atoms with Crippen molar-refractivity contribution in [3.63, 3.8) is 0 Å². The summed E-state index contributed by atoms with van der Waals surface area (Å²) in [4.78, 5) is 0. The number of unbranched alkanes of at least 4 members (excludes halogenated alkanes) is 10. The van der Waals surface area contributed by atoms with Crippen molar-refractivity contribution >= 4 is 0 Å². The quantitative estimate of drug-likeness (QED) is 0.510. The van der Waals surface area contributed by atoms with E-state index in [1.807, 2.05) is 0 Å². The van der Waals surface area contributed by atoms with Gasteiger partial charge in [-0.05, 0) is 16.8 Å². The van der Waals surface area contributed by atoms with Crippen LogP contribution in [0.4, 0.5) is 0 Å². The van der Waals surface area contributed by atoms with Gasteiger partial charge in [0, 0.05) is 5.41 Å². The lowest BCUT2D eigenvalue weighted by Crippen LogP contribution is -2.19. The Kier molecular flexibility index (Phi) is 9.27. The zero-order chi connectivity index (χ0) is 15.4. The summed E-state index contributed by atoms with van der Waals surface area (Å²) in [5, 5.41) is 14.3. The van der Waals surface area contributed by atoms with Crippen molar-refractivity contribution in [1.29, 1.82) is 0 Å². The molecule has 0 spiro atoms. The molecule has 0 atom stereocenters. The zero-order valence-corrected chi connectivity index (χ0v) is 14.3. The lowest BCUT2D eigenvalue weighted by Gasteiger charge is -2.20. The molecule has 1 heterocycles. The van der Waals surface area contributed by atoms with E-state index in [0.717, 1.165) is 12.2 Å². The van der Waals surface area contributed by atoms with E-state index in [2.05, 4.69) is 41.4 Å². The van der Waals surface area contributed by atoms with Crippen LogP contribution in [0.1, 0.15) is 104 Å².